The van der Waals surface area contributed by atoms with Crippen LogP contribution in [0.15, 0.2) is 18.2 Å². The molecule has 0 aliphatic rings. The monoisotopic (exact) mass is 316 g/mol. The molecule has 7 heteroatoms. The van der Waals surface area contributed by atoms with E-state index in [1.165, 1.54) is 12.1 Å². The second kappa shape index (κ2) is 7.26. The summed E-state index contributed by atoms with van der Waals surface area (Å²) < 4.78 is 13.0. The molecule has 2 amide bonds. The van der Waals surface area contributed by atoms with Gasteiger partial charge in [0.15, 0.2) is 0 Å². The first-order valence-corrected chi connectivity index (χ1v) is 6.79. The lowest BCUT2D eigenvalue weighted by Gasteiger charge is -2.26. The summed E-state index contributed by atoms with van der Waals surface area (Å²) in [4.78, 5) is 21.9. The molecule has 21 heavy (non-hydrogen) atoms. The molecule has 0 spiro atoms. The van der Waals surface area contributed by atoms with Crippen molar-refractivity contribution in [3.8, 4) is 0 Å². The zero-order valence-corrected chi connectivity index (χ0v) is 12.6. The molecule has 5 nitrogen and oxygen atoms in total. The fourth-order valence-electron chi connectivity index (χ4n) is 1.78. The Morgan fingerprint density at radius 3 is 2.57 bits per heavy atom. The Kier molecular flexibility index (Phi) is 5.96. The Hall–Kier alpha value is -1.82. The van der Waals surface area contributed by atoms with Gasteiger partial charge in [0.25, 0.3) is 0 Å². The van der Waals surface area contributed by atoms with Crippen LogP contribution in [0.2, 0.25) is 5.02 Å². The summed E-state index contributed by atoms with van der Waals surface area (Å²) in [6, 6.07) is 3.67. The van der Waals surface area contributed by atoms with E-state index in [0.717, 1.165) is 5.56 Å². The summed E-state index contributed by atoms with van der Waals surface area (Å²) in [5.41, 5.74) is 0.228. The number of carbonyl (C=O) groups excluding carboxylic acids is 1. The van der Waals surface area contributed by atoms with Gasteiger partial charge in [-0.25, -0.2) is 9.18 Å². The number of urea groups is 1. The number of benzene rings is 1. The number of carboxylic acid groups (broad SMARTS) is 1. The lowest BCUT2D eigenvalue weighted by Crippen LogP contribution is -2.42. The summed E-state index contributed by atoms with van der Waals surface area (Å²) in [5, 5.41) is 13.8. The molecule has 1 aromatic carbocycles. The Bertz CT molecular complexity index is 535. The van der Waals surface area contributed by atoms with Gasteiger partial charge in [-0.05, 0) is 17.7 Å². The molecular formula is C14H18ClFN2O3. The maximum absolute atomic E-state index is 13.0. The minimum atomic E-state index is -0.978. The Labute approximate surface area is 127 Å². The van der Waals surface area contributed by atoms with Crippen molar-refractivity contribution >= 4 is 23.6 Å². The highest BCUT2D eigenvalue weighted by atomic mass is 35.5. The quantitative estimate of drug-likeness (QED) is 0.754. The summed E-state index contributed by atoms with van der Waals surface area (Å²) in [6.45, 7) is 4.06. The number of hydrogen-bond acceptors (Lipinski definition) is 2. The second-order valence-corrected chi connectivity index (χ2v) is 5.67. The van der Waals surface area contributed by atoms with E-state index < -0.39 is 23.2 Å². The number of amides is 2. The molecule has 0 aromatic heterocycles. The predicted molar refractivity (Wildman–Crippen MR) is 78.1 cm³/mol. The number of nitrogens with one attached hydrogen (secondary N) is 2. The van der Waals surface area contributed by atoms with Crippen molar-refractivity contribution in [3.63, 3.8) is 0 Å². The smallest absolute Gasteiger partial charge is 0.314 e. The van der Waals surface area contributed by atoms with Crippen LogP contribution in [0.5, 0.6) is 0 Å². The standard InChI is InChI=1S/C14H18ClFN2O3/c1-14(2,10-4-3-9(16)7-11(10)15)8-18-13(21)17-6-5-12(19)20/h3-4,7H,5-6,8H2,1-2H3,(H,19,20)(H2,17,18,21). The van der Waals surface area contributed by atoms with Gasteiger partial charge in [-0.2, -0.15) is 0 Å². The molecule has 0 fully saturated rings. The van der Waals surface area contributed by atoms with Gasteiger partial charge < -0.3 is 15.7 Å². The molecule has 1 rings (SSSR count). The average Bonchev–Trinajstić information content (AvgIpc) is 2.35. The molecule has 0 atom stereocenters. The zero-order valence-electron chi connectivity index (χ0n) is 11.9. The number of hydrogen-bond donors (Lipinski definition) is 3. The first kappa shape index (κ1) is 17.2. The number of carbonyl (C=O) groups is 2. The van der Waals surface area contributed by atoms with E-state index >= 15 is 0 Å². The van der Waals surface area contributed by atoms with Crippen molar-refractivity contribution in [2.24, 2.45) is 0 Å². The molecular weight excluding hydrogens is 299 g/mol. The number of aliphatic carboxylic acids is 1. The van der Waals surface area contributed by atoms with Crippen molar-refractivity contribution in [1.29, 1.82) is 0 Å². The van der Waals surface area contributed by atoms with Gasteiger partial charge in [-0.3, -0.25) is 4.79 Å². The predicted octanol–water partition coefficient (Wildman–Crippen LogP) is 2.53. The molecule has 0 aliphatic heterocycles. The van der Waals surface area contributed by atoms with E-state index in [1.54, 1.807) is 6.07 Å². The lowest BCUT2D eigenvalue weighted by molar-refractivity contribution is -0.136. The first-order chi connectivity index (χ1) is 9.72. The Morgan fingerprint density at radius 2 is 2.00 bits per heavy atom. The lowest BCUT2D eigenvalue weighted by atomic mass is 9.84. The van der Waals surface area contributed by atoms with Gasteiger partial charge in [-0.15, -0.1) is 0 Å². The van der Waals surface area contributed by atoms with Crippen LogP contribution < -0.4 is 10.6 Å². The van der Waals surface area contributed by atoms with Crippen molar-refractivity contribution < 1.29 is 19.1 Å². The molecule has 0 saturated carbocycles. The Balaban J connectivity index is 2.56. The maximum atomic E-state index is 13.0. The highest BCUT2D eigenvalue weighted by Gasteiger charge is 2.24. The summed E-state index contributed by atoms with van der Waals surface area (Å²) in [5.74, 6) is -1.40. The van der Waals surface area contributed by atoms with Gasteiger partial charge >= 0.3 is 12.0 Å². The van der Waals surface area contributed by atoms with E-state index in [-0.39, 0.29) is 19.5 Å². The van der Waals surface area contributed by atoms with Gasteiger partial charge in [0.2, 0.25) is 0 Å². The summed E-state index contributed by atoms with van der Waals surface area (Å²) >= 11 is 6.01. The van der Waals surface area contributed by atoms with E-state index in [9.17, 15) is 14.0 Å². The molecule has 0 unspecified atom stereocenters. The second-order valence-electron chi connectivity index (χ2n) is 5.26. The molecule has 0 saturated heterocycles. The van der Waals surface area contributed by atoms with Crippen LogP contribution in [0, 0.1) is 5.82 Å². The van der Waals surface area contributed by atoms with Crippen LogP contribution in [0.3, 0.4) is 0 Å². The van der Waals surface area contributed by atoms with Crippen LogP contribution in [0.4, 0.5) is 9.18 Å². The summed E-state index contributed by atoms with van der Waals surface area (Å²) in [6.07, 6.45) is -0.138. The SMILES string of the molecule is CC(C)(CNC(=O)NCCC(=O)O)c1ccc(F)cc1Cl. The van der Waals surface area contributed by atoms with Gasteiger partial charge in [-0.1, -0.05) is 31.5 Å². The van der Waals surface area contributed by atoms with Crippen molar-refractivity contribution in [1.82, 2.24) is 10.6 Å². The van der Waals surface area contributed by atoms with Crippen molar-refractivity contribution in [2.45, 2.75) is 25.7 Å². The molecule has 1 aromatic rings. The molecule has 0 heterocycles. The van der Waals surface area contributed by atoms with Gasteiger partial charge in [0.1, 0.15) is 5.82 Å². The Morgan fingerprint density at radius 1 is 1.33 bits per heavy atom. The first-order valence-electron chi connectivity index (χ1n) is 6.41. The van der Waals surface area contributed by atoms with Crippen LogP contribution >= 0.6 is 11.6 Å². The van der Waals surface area contributed by atoms with E-state index in [4.69, 9.17) is 16.7 Å². The van der Waals surface area contributed by atoms with Crippen molar-refractivity contribution in [2.75, 3.05) is 13.1 Å². The fraction of sp³-hybridized carbons (Fsp3) is 0.429. The molecule has 3 N–H and O–H groups in total. The van der Waals surface area contributed by atoms with Crippen molar-refractivity contribution in [3.05, 3.63) is 34.6 Å². The third kappa shape index (κ3) is 5.59. The van der Waals surface area contributed by atoms with Crippen LogP contribution in [-0.4, -0.2) is 30.2 Å². The minimum Gasteiger partial charge on any atom is -0.481 e. The third-order valence-corrected chi connectivity index (χ3v) is 3.29. The highest BCUT2D eigenvalue weighted by Crippen LogP contribution is 2.29. The average molecular weight is 317 g/mol. The molecule has 0 radical (unpaired) electrons. The zero-order chi connectivity index (χ0) is 16.0. The highest BCUT2D eigenvalue weighted by molar-refractivity contribution is 6.31. The summed E-state index contributed by atoms with van der Waals surface area (Å²) in [7, 11) is 0. The number of carboxylic acids is 1. The van der Waals surface area contributed by atoms with Gasteiger partial charge in [0, 0.05) is 23.5 Å². The third-order valence-electron chi connectivity index (χ3n) is 2.98. The van der Waals surface area contributed by atoms with Crippen LogP contribution in [0.1, 0.15) is 25.8 Å². The van der Waals surface area contributed by atoms with Gasteiger partial charge in [0.05, 0.1) is 6.42 Å². The largest absolute Gasteiger partial charge is 0.481 e. The molecule has 116 valence electrons. The van der Waals surface area contributed by atoms with Crippen LogP contribution in [-0.2, 0) is 10.2 Å². The number of halogens is 2. The van der Waals surface area contributed by atoms with E-state index in [0.29, 0.717) is 5.02 Å². The van der Waals surface area contributed by atoms with E-state index in [1.807, 2.05) is 13.8 Å². The minimum absolute atomic E-state index is 0.0545. The fourth-order valence-corrected chi connectivity index (χ4v) is 2.20. The topological polar surface area (TPSA) is 78.4 Å². The number of rotatable bonds is 6. The normalized spacial score (nSPS) is 11.0. The van der Waals surface area contributed by atoms with Crippen LogP contribution in [0.25, 0.3) is 0 Å². The molecule has 0 bridgehead atoms. The molecule has 0 aliphatic carbocycles. The van der Waals surface area contributed by atoms with E-state index in [2.05, 4.69) is 10.6 Å². The maximum Gasteiger partial charge on any atom is 0.314 e.